The zero-order valence-electron chi connectivity index (χ0n) is 17.6. The normalized spacial score (nSPS) is 16.6. The molecule has 30 heavy (non-hydrogen) atoms. The van der Waals surface area contributed by atoms with Crippen molar-refractivity contribution in [2.24, 2.45) is 7.05 Å². The number of halogens is 1. The van der Waals surface area contributed by atoms with Gasteiger partial charge in [0.2, 0.25) is 0 Å². The lowest BCUT2D eigenvalue weighted by atomic mass is 9.95. The molecule has 0 spiro atoms. The van der Waals surface area contributed by atoms with Crippen molar-refractivity contribution < 1.29 is 4.39 Å². The van der Waals surface area contributed by atoms with E-state index in [0.29, 0.717) is 6.04 Å². The van der Waals surface area contributed by atoms with E-state index in [1.165, 1.54) is 48.3 Å². The van der Waals surface area contributed by atoms with Crippen molar-refractivity contribution in [3.8, 4) is 11.3 Å². The summed E-state index contributed by atoms with van der Waals surface area (Å²) in [6, 6.07) is 10.8. The number of hydrogen-bond donors (Lipinski definition) is 0. The quantitative estimate of drug-likeness (QED) is 0.651. The third-order valence-electron chi connectivity index (χ3n) is 6.45. The second-order valence-corrected chi connectivity index (χ2v) is 8.46. The van der Waals surface area contributed by atoms with Crippen LogP contribution in [0.25, 0.3) is 11.3 Å². The van der Waals surface area contributed by atoms with Crippen molar-refractivity contribution in [3.63, 3.8) is 0 Å². The van der Waals surface area contributed by atoms with Gasteiger partial charge in [0.05, 0.1) is 17.1 Å². The molecule has 0 N–H and O–H groups in total. The summed E-state index contributed by atoms with van der Waals surface area (Å²) in [7, 11) is 4.28. The molecule has 3 heterocycles. The third kappa shape index (κ3) is 3.58. The van der Waals surface area contributed by atoms with Gasteiger partial charge in [0.25, 0.3) is 0 Å². The molecular formula is C23H27FN6. The summed E-state index contributed by atoms with van der Waals surface area (Å²) in [5.41, 5.74) is 5.78. The van der Waals surface area contributed by atoms with Gasteiger partial charge < -0.3 is 4.90 Å². The highest BCUT2D eigenvalue weighted by Gasteiger charge is 2.32. The number of fused-ring (bicyclic) bond motifs is 1. The molecule has 1 aromatic carbocycles. The lowest BCUT2D eigenvalue weighted by molar-refractivity contribution is 0.192. The molecule has 0 amide bonds. The van der Waals surface area contributed by atoms with E-state index in [9.17, 15) is 4.39 Å². The van der Waals surface area contributed by atoms with Gasteiger partial charge in [-0.1, -0.05) is 0 Å². The maximum atomic E-state index is 13.1. The molecule has 2 aliphatic rings. The van der Waals surface area contributed by atoms with Crippen LogP contribution in [0.4, 0.5) is 10.2 Å². The zero-order valence-corrected chi connectivity index (χ0v) is 17.6. The average Bonchev–Trinajstić information content (AvgIpc) is 3.03. The number of aromatic nitrogens is 4. The van der Waals surface area contributed by atoms with Gasteiger partial charge in [0.15, 0.2) is 5.82 Å². The maximum absolute atomic E-state index is 13.1. The Labute approximate surface area is 176 Å². The van der Waals surface area contributed by atoms with E-state index < -0.39 is 0 Å². The molecule has 0 saturated carbocycles. The van der Waals surface area contributed by atoms with Crippen molar-refractivity contribution in [2.45, 2.75) is 38.3 Å². The molecule has 0 radical (unpaired) electrons. The van der Waals surface area contributed by atoms with Crippen LogP contribution in [0, 0.1) is 5.82 Å². The number of nitrogens with zero attached hydrogens (tertiary/aromatic N) is 6. The summed E-state index contributed by atoms with van der Waals surface area (Å²) in [6.07, 6.45) is 4.83. The van der Waals surface area contributed by atoms with E-state index in [0.717, 1.165) is 43.1 Å². The molecule has 6 nitrogen and oxygen atoms in total. The lowest BCUT2D eigenvalue weighted by Gasteiger charge is -2.44. The predicted molar refractivity (Wildman–Crippen MR) is 115 cm³/mol. The van der Waals surface area contributed by atoms with Crippen molar-refractivity contribution in [3.05, 3.63) is 59.2 Å². The fourth-order valence-electron chi connectivity index (χ4n) is 4.50. The first-order valence-corrected chi connectivity index (χ1v) is 10.7. The fraction of sp³-hybridized carbons (Fsp3) is 0.435. The smallest absolute Gasteiger partial charge is 0.151 e. The van der Waals surface area contributed by atoms with E-state index in [2.05, 4.69) is 38.8 Å². The van der Waals surface area contributed by atoms with Crippen molar-refractivity contribution in [1.29, 1.82) is 0 Å². The number of benzene rings is 1. The van der Waals surface area contributed by atoms with E-state index in [-0.39, 0.29) is 5.82 Å². The Morgan fingerprint density at radius 1 is 1.03 bits per heavy atom. The molecule has 1 saturated heterocycles. The van der Waals surface area contributed by atoms with Crippen LogP contribution < -0.4 is 4.90 Å². The second-order valence-electron chi connectivity index (χ2n) is 8.46. The molecule has 0 atom stereocenters. The molecule has 5 rings (SSSR count). The number of likely N-dealkylation sites (N-methyl/N-ethyl adjacent to an activating group) is 1. The second kappa shape index (κ2) is 7.80. The molecule has 7 heteroatoms. The monoisotopic (exact) mass is 406 g/mol. The van der Waals surface area contributed by atoms with E-state index in [4.69, 9.17) is 5.10 Å². The molecule has 1 aliphatic heterocycles. The Hall–Kier alpha value is -2.80. The van der Waals surface area contributed by atoms with E-state index >= 15 is 0 Å². The number of rotatable bonds is 5. The zero-order chi connectivity index (χ0) is 20.7. The first-order valence-electron chi connectivity index (χ1n) is 10.7. The van der Waals surface area contributed by atoms with Gasteiger partial charge in [-0.15, -0.1) is 10.2 Å². The van der Waals surface area contributed by atoms with Crippen LogP contribution in [0.1, 0.15) is 29.8 Å². The largest absolute Gasteiger partial charge is 0.352 e. The van der Waals surface area contributed by atoms with Crippen LogP contribution in [0.3, 0.4) is 0 Å². The van der Waals surface area contributed by atoms with Crippen LogP contribution in [-0.4, -0.2) is 51.1 Å². The summed E-state index contributed by atoms with van der Waals surface area (Å²) >= 11 is 0. The average molecular weight is 407 g/mol. The van der Waals surface area contributed by atoms with Crippen LogP contribution in [0.5, 0.6) is 0 Å². The molecule has 0 bridgehead atoms. The summed E-state index contributed by atoms with van der Waals surface area (Å²) in [5, 5.41) is 13.5. The summed E-state index contributed by atoms with van der Waals surface area (Å²) < 4.78 is 15.2. The van der Waals surface area contributed by atoms with Crippen LogP contribution in [-0.2, 0) is 26.4 Å². The third-order valence-corrected chi connectivity index (χ3v) is 6.45. The van der Waals surface area contributed by atoms with Gasteiger partial charge in [-0.3, -0.25) is 9.58 Å². The molecule has 0 unspecified atom stereocenters. The highest BCUT2D eigenvalue weighted by molar-refractivity contribution is 5.59. The SMILES string of the molecule is CN(Cc1c2c(nn1C)CCCC2)C1CN(c2ccc(-c3ccc(F)cc3)nn2)C1. The Morgan fingerprint density at radius 3 is 2.53 bits per heavy atom. The van der Waals surface area contributed by atoms with Gasteiger partial charge in [0, 0.05) is 38.3 Å². The van der Waals surface area contributed by atoms with Gasteiger partial charge in [0.1, 0.15) is 5.82 Å². The Morgan fingerprint density at radius 2 is 1.80 bits per heavy atom. The standard InChI is InChI=1S/C23H27FN6/c1-28(15-22-19-5-3-4-6-21(19)27-29(22)2)18-13-30(14-18)23-12-11-20(25-26-23)16-7-9-17(24)10-8-16/h7-12,18H,3-6,13-15H2,1-2H3. The fourth-order valence-corrected chi connectivity index (χ4v) is 4.50. The minimum atomic E-state index is -0.245. The molecule has 156 valence electrons. The van der Waals surface area contributed by atoms with Gasteiger partial charge >= 0.3 is 0 Å². The van der Waals surface area contributed by atoms with E-state index in [1.54, 1.807) is 12.1 Å². The molecule has 1 aliphatic carbocycles. The minimum absolute atomic E-state index is 0.245. The van der Waals surface area contributed by atoms with E-state index in [1.807, 2.05) is 12.1 Å². The van der Waals surface area contributed by atoms with Crippen molar-refractivity contribution in [1.82, 2.24) is 24.9 Å². The molecule has 1 fully saturated rings. The first kappa shape index (κ1) is 19.2. The summed E-state index contributed by atoms with van der Waals surface area (Å²) in [6.45, 7) is 2.83. The molecular weight excluding hydrogens is 379 g/mol. The van der Waals surface area contributed by atoms with Gasteiger partial charge in [-0.2, -0.15) is 5.10 Å². The number of hydrogen-bond acceptors (Lipinski definition) is 5. The van der Waals surface area contributed by atoms with Crippen LogP contribution in [0.15, 0.2) is 36.4 Å². The van der Waals surface area contributed by atoms with Gasteiger partial charge in [-0.25, -0.2) is 4.39 Å². The summed E-state index contributed by atoms with van der Waals surface area (Å²) in [4.78, 5) is 4.68. The van der Waals surface area contributed by atoms with Gasteiger partial charge in [-0.05, 0) is 74.7 Å². The summed E-state index contributed by atoms with van der Waals surface area (Å²) in [5.74, 6) is 0.647. The van der Waals surface area contributed by atoms with Crippen molar-refractivity contribution in [2.75, 3.05) is 25.0 Å². The molecule has 3 aromatic rings. The Balaban J connectivity index is 1.20. The van der Waals surface area contributed by atoms with Crippen LogP contribution in [0.2, 0.25) is 0 Å². The Kier molecular flexibility index (Phi) is 4.98. The highest BCUT2D eigenvalue weighted by atomic mass is 19.1. The first-order chi connectivity index (χ1) is 14.6. The minimum Gasteiger partial charge on any atom is -0.352 e. The van der Waals surface area contributed by atoms with Crippen molar-refractivity contribution >= 4 is 5.82 Å². The highest BCUT2D eigenvalue weighted by Crippen LogP contribution is 2.27. The number of aryl methyl sites for hydroxylation is 2. The predicted octanol–water partition coefficient (Wildman–Crippen LogP) is 3.22. The Bertz CT molecular complexity index is 1020. The lowest BCUT2D eigenvalue weighted by Crippen LogP contribution is -2.58. The molecule has 2 aromatic heterocycles. The van der Waals surface area contributed by atoms with Crippen LogP contribution >= 0.6 is 0 Å². The maximum Gasteiger partial charge on any atom is 0.151 e. The number of anilines is 1. The topological polar surface area (TPSA) is 50.1 Å².